The molecule has 2 rings (SSSR count). The summed E-state index contributed by atoms with van der Waals surface area (Å²) in [5.74, 6) is -0.141. The van der Waals surface area contributed by atoms with Gasteiger partial charge in [0.1, 0.15) is 5.01 Å². The summed E-state index contributed by atoms with van der Waals surface area (Å²) >= 11 is 1.58. The maximum absolute atomic E-state index is 12.1. The molecule has 1 aromatic heterocycles. The number of aromatic nitrogens is 1. The molecule has 0 bridgehead atoms. The molecular formula is C17H22N4O2S. The fraction of sp³-hybridized carbons (Fsp3) is 0.353. The molecular weight excluding hydrogens is 324 g/mol. The Hall–Kier alpha value is -2.41. The number of urea groups is 1. The molecule has 3 N–H and O–H groups in total. The number of carbonyl (C=O) groups excluding carboxylic acids is 2. The molecule has 0 aliphatic rings. The Balaban J connectivity index is 2.04. The number of nitrogens with zero attached hydrogens (tertiary/aromatic N) is 1. The zero-order chi connectivity index (χ0) is 17.9. The van der Waals surface area contributed by atoms with Gasteiger partial charge in [0.15, 0.2) is 0 Å². The molecule has 0 spiro atoms. The van der Waals surface area contributed by atoms with E-state index in [0.717, 1.165) is 32.4 Å². The lowest BCUT2D eigenvalue weighted by molar-refractivity contribution is -0.114. The van der Waals surface area contributed by atoms with Crippen LogP contribution in [0.25, 0.3) is 0 Å². The number of benzene rings is 1. The van der Waals surface area contributed by atoms with Crippen molar-refractivity contribution in [3.05, 3.63) is 38.8 Å². The summed E-state index contributed by atoms with van der Waals surface area (Å²) in [5.41, 5.74) is 4.15. The first kappa shape index (κ1) is 17.9. The molecule has 0 fully saturated rings. The van der Waals surface area contributed by atoms with Crippen molar-refractivity contribution >= 4 is 34.6 Å². The summed E-state index contributed by atoms with van der Waals surface area (Å²) in [4.78, 5) is 29.0. The van der Waals surface area contributed by atoms with E-state index in [1.807, 2.05) is 39.8 Å². The molecule has 2 aromatic rings. The van der Waals surface area contributed by atoms with Crippen LogP contribution in [0.1, 0.15) is 33.6 Å². The van der Waals surface area contributed by atoms with Gasteiger partial charge in [-0.25, -0.2) is 9.78 Å². The molecule has 0 saturated carbocycles. The van der Waals surface area contributed by atoms with E-state index in [1.165, 1.54) is 6.92 Å². The summed E-state index contributed by atoms with van der Waals surface area (Å²) in [6, 6.07) is 3.38. The van der Waals surface area contributed by atoms with Crippen LogP contribution in [0.4, 0.5) is 16.2 Å². The largest absolute Gasteiger partial charge is 0.331 e. The lowest BCUT2D eigenvalue weighted by Gasteiger charge is -2.15. The fourth-order valence-corrected chi connectivity index (χ4v) is 3.16. The Morgan fingerprint density at radius 1 is 1.12 bits per heavy atom. The third kappa shape index (κ3) is 4.32. The number of amides is 3. The highest BCUT2D eigenvalue weighted by atomic mass is 32.1. The second-order valence-corrected chi connectivity index (χ2v) is 6.96. The number of thiazole rings is 1. The van der Waals surface area contributed by atoms with Gasteiger partial charge in [-0.15, -0.1) is 11.3 Å². The molecule has 1 aromatic carbocycles. The maximum atomic E-state index is 12.1. The Bertz CT molecular complexity index is 764. The number of hydrogen-bond donors (Lipinski definition) is 3. The predicted molar refractivity (Wildman–Crippen MR) is 97.7 cm³/mol. The lowest BCUT2D eigenvalue weighted by Crippen LogP contribution is -2.28. The second kappa shape index (κ2) is 7.44. The van der Waals surface area contributed by atoms with Crippen LogP contribution in [0.15, 0.2) is 12.1 Å². The molecule has 128 valence electrons. The van der Waals surface area contributed by atoms with E-state index >= 15 is 0 Å². The summed E-state index contributed by atoms with van der Waals surface area (Å²) in [5, 5.41) is 9.30. The van der Waals surface area contributed by atoms with E-state index in [9.17, 15) is 9.59 Å². The first-order valence-corrected chi connectivity index (χ1v) is 8.45. The molecule has 6 nitrogen and oxygen atoms in total. The van der Waals surface area contributed by atoms with E-state index < -0.39 is 0 Å². The molecule has 7 heteroatoms. The van der Waals surface area contributed by atoms with E-state index in [4.69, 9.17) is 0 Å². The third-order valence-corrected chi connectivity index (χ3v) is 4.77. The van der Waals surface area contributed by atoms with Crippen LogP contribution in [-0.4, -0.2) is 16.9 Å². The van der Waals surface area contributed by atoms with Gasteiger partial charge in [0.05, 0.1) is 12.2 Å². The van der Waals surface area contributed by atoms with Crippen molar-refractivity contribution in [2.45, 2.75) is 41.2 Å². The quantitative estimate of drug-likeness (QED) is 0.790. The molecule has 0 atom stereocenters. The van der Waals surface area contributed by atoms with Gasteiger partial charge >= 0.3 is 6.03 Å². The summed E-state index contributed by atoms with van der Waals surface area (Å²) in [6.45, 7) is 9.58. The van der Waals surface area contributed by atoms with Crippen LogP contribution < -0.4 is 16.0 Å². The SMILES string of the molecule is CC(=O)Nc1c(C)ccc(NC(=O)NCc2nc(C)c(C)s2)c1C. The average molecular weight is 346 g/mol. The predicted octanol–water partition coefficient (Wildman–Crippen LogP) is 3.66. The van der Waals surface area contributed by atoms with Gasteiger partial charge in [0.2, 0.25) is 5.91 Å². The van der Waals surface area contributed by atoms with Crippen molar-refractivity contribution in [3.8, 4) is 0 Å². The van der Waals surface area contributed by atoms with Gasteiger partial charge in [-0.05, 0) is 44.9 Å². The minimum Gasteiger partial charge on any atom is -0.331 e. The van der Waals surface area contributed by atoms with E-state index in [0.29, 0.717) is 12.2 Å². The standard InChI is InChI=1S/C17H22N4O2S/c1-9-6-7-14(10(2)16(9)20-13(5)22)21-17(23)18-8-15-19-11(3)12(4)24-15/h6-7H,8H2,1-5H3,(H,20,22)(H2,18,21,23). The lowest BCUT2D eigenvalue weighted by atomic mass is 10.1. The smallest absolute Gasteiger partial charge is 0.319 e. The van der Waals surface area contributed by atoms with Crippen LogP contribution in [0.2, 0.25) is 0 Å². The first-order valence-electron chi connectivity index (χ1n) is 7.63. The van der Waals surface area contributed by atoms with Gasteiger partial charge in [-0.3, -0.25) is 4.79 Å². The topological polar surface area (TPSA) is 83.1 Å². The number of rotatable bonds is 4. The Labute approximate surface area is 145 Å². The summed E-state index contributed by atoms with van der Waals surface area (Å²) in [7, 11) is 0. The number of hydrogen-bond acceptors (Lipinski definition) is 4. The number of aryl methyl sites for hydroxylation is 3. The summed E-state index contributed by atoms with van der Waals surface area (Å²) < 4.78 is 0. The average Bonchev–Trinajstić information content (AvgIpc) is 2.83. The normalized spacial score (nSPS) is 10.4. The monoisotopic (exact) mass is 346 g/mol. The van der Waals surface area contributed by atoms with Gasteiger partial charge in [0.25, 0.3) is 0 Å². The maximum Gasteiger partial charge on any atom is 0.319 e. The minimum absolute atomic E-state index is 0.141. The molecule has 1 heterocycles. The van der Waals surface area contributed by atoms with Crippen LogP contribution in [0.5, 0.6) is 0 Å². The van der Waals surface area contributed by atoms with E-state index in [-0.39, 0.29) is 11.9 Å². The van der Waals surface area contributed by atoms with Gasteiger partial charge in [0, 0.05) is 23.2 Å². The third-order valence-electron chi connectivity index (χ3n) is 3.70. The van der Waals surface area contributed by atoms with E-state index in [1.54, 1.807) is 11.3 Å². The number of anilines is 2. The second-order valence-electron chi connectivity index (χ2n) is 5.67. The molecule has 24 heavy (non-hydrogen) atoms. The van der Waals surface area contributed by atoms with Crippen molar-refractivity contribution in [1.29, 1.82) is 0 Å². The van der Waals surface area contributed by atoms with Crippen molar-refractivity contribution in [2.75, 3.05) is 10.6 Å². The van der Waals surface area contributed by atoms with Crippen molar-refractivity contribution in [1.82, 2.24) is 10.3 Å². The van der Waals surface area contributed by atoms with Crippen LogP contribution in [0.3, 0.4) is 0 Å². The molecule has 0 saturated heterocycles. The Morgan fingerprint density at radius 2 is 1.83 bits per heavy atom. The van der Waals surface area contributed by atoms with Gasteiger partial charge < -0.3 is 16.0 Å². The van der Waals surface area contributed by atoms with Crippen LogP contribution >= 0.6 is 11.3 Å². The molecule has 0 radical (unpaired) electrons. The highest BCUT2D eigenvalue weighted by Crippen LogP contribution is 2.27. The Kier molecular flexibility index (Phi) is 5.56. The van der Waals surface area contributed by atoms with Crippen LogP contribution in [-0.2, 0) is 11.3 Å². The summed E-state index contributed by atoms with van der Waals surface area (Å²) in [6.07, 6.45) is 0. The van der Waals surface area contributed by atoms with Gasteiger partial charge in [-0.2, -0.15) is 0 Å². The zero-order valence-corrected chi connectivity index (χ0v) is 15.4. The van der Waals surface area contributed by atoms with Crippen molar-refractivity contribution in [3.63, 3.8) is 0 Å². The zero-order valence-electron chi connectivity index (χ0n) is 14.5. The molecule has 0 aliphatic heterocycles. The molecule has 3 amide bonds. The van der Waals surface area contributed by atoms with E-state index in [2.05, 4.69) is 20.9 Å². The first-order chi connectivity index (χ1) is 11.3. The fourth-order valence-electron chi connectivity index (χ4n) is 2.29. The molecule has 0 aliphatic carbocycles. The van der Waals surface area contributed by atoms with Crippen molar-refractivity contribution in [2.24, 2.45) is 0 Å². The van der Waals surface area contributed by atoms with Crippen LogP contribution in [0, 0.1) is 27.7 Å². The highest BCUT2D eigenvalue weighted by Gasteiger charge is 2.12. The number of nitrogens with one attached hydrogen (secondary N) is 3. The number of carbonyl (C=O) groups is 2. The Morgan fingerprint density at radius 3 is 2.42 bits per heavy atom. The van der Waals surface area contributed by atoms with Gasteiger partial charge in [-0.1, -0.05) is 6.07 Å². The highest BCUT2D eigenvalue weighted by molar-refractivity contribution is 7.11. The molecule has 0 unspecified atom stereocenters. The minimum atomic E-state index is -0.304. The van der Waals surface area contributed by atoms with Crippen molar-refractivity contribution < 1.29 is 9.59 Å².